The lowest BCUT2D eigenvalue weighted by molar-refractivity contribution is -0.121. The van der Waals surface area contributed by atoms with Crippen LogP contribution < -0.4 is 16.8 Å². The molecule has 4 nitrogen and oxygen atoms in total. The van der Waals surface area contributed by atoms with Crippen LogP contribution in [0.3, 0.4) is 0 Å². The van der Waals surface area contributed by atoms with Crippen LogP contribution in [0.15, 0.2) is 0 Å². The van der Waals surface area contributed by atoms with Crippen LogP contribution in [0.2, 0.25) is 0 Å². The number of amides is 1. The highest BCUT2D eigenvalue weighted by molar-refractivity contribution is 5.76. The second-order valence-electron chi connectivity index (χ2n) is 2.89. The van der Waals surface area contributed by atoms with Gasteiger partial charge in [0.1, 0.15) is 0 Å². The minimum absolute atomic E-state index is 0.00130. The van der Waals surface area contributed by atoms with E-state index < -0.39 is 0 Å². The average Bonchev–Trinajstić information content (AvgIpc) is 2.01. The Labute approximate surface area is 73.7 Å². The van der Waals surface area contributed by atoms with Gasteiger partial charge in [0.05, 0.1) is 0 Å². The van der Waals surface area contributed by atoms with Gasteiger partial charge in [-0.05, 0) is 6.42 Å². The highest BCUT2D eigenvalue weighted by Gasteiger charge is 2.06. The summed E-state index contributed by atoms with van der Waals surface area (Å²) in [4.78, 5) is 11.0. The third-order valence-corrected chi connectivity index (χ3v) is 1.57. The molecule has 0 fully saturated rings. The van der Waals surface area contributed by atoms with Crippen LogP contribution in [0.25, 0.3) is 0 Å². The fourth-order valence-corrected chi connectivity index (χ4v) is 0.995. The Bertz CT molecular complexity index is 127. The largest absolute Gasteiger partial charge is 0.355 e. The first-order chi connectivity index (χ1) is 5.70. The molecule has 0 rings (SSSR count). The van der Waals surface area contributed by atoms with Crippen molar-refractivity contribution >= 4 is 5.91 Å². The van der Waals surface area contributed by atoms with Crippen LogP contribution in [0.1, 0.15) is 26.2 Å². The summed E-state index contributed by atoms with van der Waals surface area (Å²) in [6.45, 7) is 3.07. The quantitative estimate of drug-likeness (QED) is 0.510. The lowest BCUT2D eigenvalue weighted by Gasteiger charge is -2.09. The number of hydrogen-bond acceptors (Lipinski definition) is 3. The highest BCUT2D eigenvalue weighted by atomic mass is 16.1. The number of rotatable bonds is 6. The summed E-state index contributed by atoms with van der Waals surface area (Å²) in [7, 11) is 0. The fourth-order valence-electron chi connectivity index (χ4n) is 0.995. The molecule has 4 heteroatoms. The maximum absolute atomic E-state index is 11.0. The fraction of sp³-hybridized carbons (Fsp3) is 0.875. The van der Waals surface area contributed by atoms with E-state index in [-0.39, 0.29) is 11.9 Å². The molecule has 12 heavy (non-hydrogen) atoms. The number of carbonyl (C=O) groups is 1. The summed E-state index contributed by atoms with van der Waals surface area (Å²) in [6, 6.07) is -0.00669. The topological polar surface area (TPSA) is 81.1 Å². The summed E-state index contributed by atoms with van der Waals surface area (Å²) in [5.41, 5.74) is 10.9. The number of nitrogens with two attached hydrogens (primary N) is 2. The van der Waals surface area contributed by atoms with Gasteiger partial charge in [-0.15, -0.1) is 0 Å². The first-order valence-electron chi connectivity index (χ1n) is 4.43. The molecule has 0 saturated heterocycles. The Morgan fingerprint density at radius 2 is 2.25 bits per heavy atom. The zero-order valence-corrected chi connectivity index (χ0v) is 7.68. The Kier molecular flexibility index (Phi) is 6.70. The molecule has 0 saturated carbocycles. The number of carbonyl (C=O) groups excluding carboxylic acids is 1. The standard InChI is InChI=1S/C8H19N3O/c1-2-3-7(10)6-8(12)11-5-4-9/h7H,2-6,9-10H2,1H3,(H,11,12). The van der Waals surface area contributed by atoms with E-state index in [1.54, 1.807) is 0 Å². The first kappa shape index (κ1) is 11.4. The van der Waals surface area contributed by atoms with E-state index in [1.165, 1.54) is 0 Å². The van der Waals surface area contributed by atoms with E-state index in [0.717, 1.165) is 12.8 Å². The molecule has 5 N–H and O–H groups in total. The van der Waals surface area contributed by atoms with Crippen molar-refractivity contribution < 1.29 is 4.79 Å². The van der Waals surface area contributed by atoms with Gasteiger partial charge in [-0.2, -0.15) is 0 Å². The minimum atomic E-state index is -0.00669. The second-order valence-corrected chi connectivity index (χ2v) is 2.89. The van der Waals surface area contributed by atoms with Crippen LogP contribution >= 0.6 is 0 Å². The van der Waals surface area contributed by atoms with Gasteiger partial charge < -0.3 is 16.8 Å². The van der Waals surface area contributed by atoms with E-state index in [0.29, 0.717) is 19.5 Å². The Hall–Kier alpha value is -0.610. The van der Waals surface area contributed by atoms with Crippen LogP contribution in [0.5, 0.6) is 0 Å². The van der Waals surface area contributed by atoms with Crippen molar-refractivity contribution in [2.45, 2.75) is 32.2 Å². The molecule has 72 valence electrons. The van der Waals surface area contributed by atoms with Gasteiger partial charge in [-0.1, -0.05) is 13.3 Å². The van der Waals surface area contributed by atoms with Crippen molar-refractivity contribution in [1.82, 2.24) is 5.32 Å². The Morgan fingerprint density at radius 3 is 2.75 bits per heavy atom. The molecule has 1 amide bonds. The van der Waals surface area contributed by atoms with E-state index in [4.69, 9.17) is 11.5 Å². The van der Waals surface area contributed by atoms with E-state index in [9.17, 15) is 4.79 Å². The molecule has 0 aromatic carbocycles. The first-order valence-corrected chi connectivity index (χ1v) is 4.43. The molecule has 1 atom stereocenters. The SMILES string of the molecule is CCCC(N)CC(=O)NCCN. The average molecular weight is 173 g/mol. The summed E-state index contributed by atoms with van der Waals surface area (Å²) in [5, 5.41) is 2.68. The molecular formula is C8H19N3O. The van der Waals surface area contributed by atoms with Crippen LogP contribution in [0.4, 0.5) is 0 Å². The van der Waals surface area contributed by atoms with E-state index in [2.05, 4.69) is 12.2 Å². The summed E-state index contributed by atoms with van der Waals surface area (Å²) >= 11 is 0. The van der Waals surface area contributed by atoms with Gasteiger partial charge in [-0.3, -0.25) is 4.79 Å². The Morgan fingerprint density at radius 1 is 1.58 bits per heavy atom. The predicted octanol–water partition coefficient (Wildman–Crippen LogP) is -0.421. The van der Waals surface area contributed by atoms with Crippen molar-refractivity contribution in [3.8, 4) is 0 Å². The van der Waals surface area contributed by atoms with E-state index >= 15 is 0 Å². The monoisotopic (exact) mass is 173 g/mol. The van der Waals surface area contributed by atoms with Gasteiger partial charge in [-0.25, -0.2) is 0 Å². The lowest BCUT2D eigenvalue weighted by atomic mass is 10.1. The summed E-state index contributed by atoms with van der Waals surface area (Å²) in [5.74, 6) is 0.00130. The van der Waals surface area contributed by atoms with Crippen molar-refractivity contribution in [2.75, 3.05) is 13.1 Å². The third kappa shape index (κ3) is 6.12. The summed E-state index contributed by atoms with van der Waals surface area (Å²) in [6.07, 6.45) is 2.33. The smallest absolute Gasteiger partial charge is 0.221 e. The van der Waals surface area contributed by atoms with Crippen molar-refractivity contribution in [2.24, 2.45) is 11.5 Å². The predicted molar refractivity (Wildman–Crippen MR) is 49.6 cm³/mol. The third-order valence-electron chi connectivity index (χ3n) is 1.57. The van der Waals surface area contributed by atoms with E-state index in [1.807, 2.05) is 0 Å². The van der Waals surface area contributed by atoms with Crippen molar-refractivity contribution in [1.29, 1.82) is 0 Å². The summed E-state index contributed by atoms with van der Waals surface area (Å²) < 4.78 is 0. The zero-order valence-electron chi connectivity index (χ0n) is 7.68. The maximum atomic E-state index is 11.0. The lowest BCUT2D eigenvalue weighted by Crippen LogP contribution is -2.34. The number of hydrogen-bond donors (Lipinski definition) is 3. The van der Waals surface area contributed by atoms with Crippen LogP contribution in [0, 0.1) is 0 Å². The van der Waals surface area contributed by atoms with Crippen LogP contribution in [-0.2, 0) is 4.79 Å². The van der Waals surface area contributed by atoms with Gasteiger partial charge in [0.15, 0.2) is 0 Å². The normalized spacial score (nSPS) is 12.6. The van der Waals surface area contributed by atoms with Gasteiger partial charge >= 0.3 is 0 Å². The molecule has 0 aliphatic carbocycles. The van der Waals surface area contributed by atoms with Crippen molar-refractivity contribution in [3.63, 3.8) is 0 Å². The second kappa shape index (κ2) is 7.06. The van der Waals surface area contributed by atoms with Crippen LogP contribution in [-0.4, -0.2) is 25.0 Å². The minimum Gasteiger partial charge on any atom is -0.355 e. The maximum Gasteiger partial charge on any atom is 0.221 e. The molecule has 0 aromatic heterocycles. The molecule has 1 unspecified atom stereocenters. The van der Waals surface area contributed by atoms with Crippen molar-refractivity contribution in [3.05, 3.63) is 0 Å². The number of nitrogens with one attached hydrogen (secondary N) is 1. The van der Waals surface area contributed by atoms with Gasteiger partial charge in [0.25, 0.3) is 0 Å². The zero-order chi connectivity index (χ0) is 9.40. The van der Waals surface area contributed by atoms with Gasteiger partial charge in [0.2, 0.25) is 5.91 Å². The Balaban J connectivity index is 3.40. The highest BCUT2D eigenvalue weighted by Crippen LogP contribution is 1.97. The molecule has 0 heterocycles. The molecule has 0 radical (unpaired) electrons. The molecule has 0 aliphatic heterocycles. The molecule has 0 spiro atoms. The molecular weight excluding hydrogens is 154 g/mol. The van der Waals surface area contributed by atoms with Gasteiger partial charge in [0, 0.05) is 25.6 Å². The molecule has 0 aliphatic rings. The molecule has 0 aromatic rings. The molecule has 0 bridgehead atoms.